The Bertz CT molecular complexity index is 2260. The maximum atomic E-state index is 14.3. The number of anilines is 4. The molecule has 0 bridgehead atoms. The molecule has 5 aromatic carbocycles. The number of hydrogen-bond acceptors (Lipinski definition) is 6. The number of alkyl halides is 8. The van der Waals surface area contributed by atoms with Gasteiger partial charge in [0.05, 0.1) is 25.7 Å². The van der Waals surface area contributed by atoms with Gasteiger partial charge in [0.1, 0.15) is 0 Å². The highest BCUT2D eigenvalue weighted by molar-refractivity contribution is 6.53. The first-order valence-electron chi connectivity index (χ1n) is 18.3. The predicted octanol–water partition coefficient (Wildman–Crippen LogP) is 17.2. The molecule has 62 heavy (non-hydrogen) atoms. The van der Waals surface area contributed by atoms with E-state index in [-0.39, 0.29) is 31.2 Å². The zero-order valence-electron chi connectivity index (χ0n) is 32.7. The molecule has 4 N–H and O–H groups in total. The SMILES string of the molecule is CC(Cl)(Cl)Nc1ccc(C(=CC2(C=C(c3ccc(NC(C)(Cl)Cl)cc3)c3ccc(NC(C)(Cl)Cl)cc3)OC(=O)c3c(Cl)c(Cl)c(Cl)c(Cl)c32)c2ccc(NC(C)(Cl)Cl)cc2)cc1. The molecule has 18 heteroatoms. The molecule has 0 aliphatic carbocycles. The fraction of sp³-hybridized carbons (Fsp3) is 0.205. The highest BCUT2D eigenvalue weighted by atomic mass is 35.5. The topological polar surface area (TPSA) is 74.4 Å². The number of esters is 1. The summed E-state index contributed by atoms with van der Waals surface area (Å²) in [6, 6.07) is 29.3. The minimum atomic E-state index is -1.82. The molecule has 6 rings (SSSR count). The highest BCUT2D eigenvalue weighted by Crippen LogP contribution is 2.54. The molecule has 0 atom stereocenters. The molecule has 1 heterocycles. The predicted molar refractivity (Wildman–Crippen MR) is 268 cm³/mol. The van der Waals surface area contributed by atoms with Crippen LogP contribution >= 0.6 is 139 Å². The van der Waals surface area contributed by atoms with Gasteiger partial charge in [0.15, 0.2) is 23.4 Å². The van der Waals surface area contributed by atoms with Crippen LogP contribution in [-0.2, 0) is 10.3 Å². The number of halogens is 12. The Balaban J connectivity index is 1.69. The van der Waals surface area contributed by atoms with Gasteiger partial charge in [0, 0.05) is 28.3 Å². The average Bonchev–Trinajstić information content (AvgIpc) is 3.44. The zero-order chi connectivity index (χ0) is 45.6. The molecular weight excluding hydrogens is 1040 g/mol. The van der Waals surface area contributed by atoms with Crippen molar-refractivity contribution in [1.29, 1.82) is 0 Å². The van der Waals surface area contributed by atoms with Crippen LogP contribution in [0.1, 0.15) is 65.9 Å². The second-order valence-corrected chi connectivity index (χ2v) is 23.0. The largest absolute Gasteiger partial charge is 0.442 e. The average molecular weight is 1080 g/mol. The number of ether oxygens (including phenoxy) is 1. The first-order chi connectivity index (χ1) is 28.7. The van der Waals surface area contributed by atoms with Crippen LogP contribution in [0.2, 0.25) is 20.1 Å². The number of fused-ring (bicyclic) bond motifs is 1. The van der Waals surface area contributed by atoms with E-state index in [1.54, 1.807) is 39.8 Å². The van der Waals surface area contributed by atoms with Crippen molar-refractivity contribution in [2.45, 2.75) is 51.1 Å². The Labute approximate surface area is 419 Å². The third-order valence-electron chi connectivity index (χ3n) is 9.08. The Morgan fingerprint density at radius 2 is 0.710 bits per heavy atom. The molecule has 0 unspecified atom stereocenters. The first kappa shape index (κ1) is 49.2. The molecule has 0 amide bonds. The second kappa shape index (κ2) is 18.9. The third-order valence-corrected chi connectivity index (χ3v) is 11.6. The van der Waals surface area contributed by atoms with Crippen LogP contribution in [0, 0.1) is 0 Å². The van der Waals surface area contributed by atoms with Crippen LogP contribution in [0.4, 0.5) is 22.7 Å². The number of carbonyl (C=O) groups is 1. The molecule has 0 fully saturated rings. The van der Waals surface area contributed by atoms with Crippen molar-refractivity contribution in [3.63, 3.8) is 0 Å². The van der Waals surface area contributed by atoms with Crippen LogP contribution in [0.15, 0.2) is 109 Å². The van der Waals surface area contributed by atoms with E-state index in [0.29, 0.717) is 56.1 Å². The van der Waals surface area contributed by atoms with Crippen molar-refractivity contribution in [3.8, 4) is 0 Å². The molecule has 6 nitrogen and oxygen atoms in total. The van der Waals surface area contributed by atoms with Crippen molar-refractivity contribution in [2.24, 2.45) is 0 Å². The van der Waals surface area contributed by atoms with E-state index in [9.17, 15) is 4.79 Å². The normalized spacial score (nSPS) is 13.8. The first-order valence-corrected chi connectivity index (χ1v) is 22.9. The number of hydrogen-bond donors (Lipinski definition) is 4. The van der Waals surface area contributed by atoms with Crippen molar-refractivity contribution in [1.82, 2.24) is 0 Å². The Morgan fingerprint density at radius 1 is 0.452 bits per heavy atom. The van der Waals surface area contributed by atoms with Gasteiger partial charge in [-0.2, -0.15) is 0 Å². The zero-order valence-corrected chi connectivity index (χ0v) is 41.8. The molecule has 0 spiro atoms. The number of benzene rings is 5. The summed E-state index contributed by atoms with van der Waals surface area (Å²) >= 11 is 77.6. The standard InChI is InChI=1S/C44H34Cl12N4O2/c1-40(49,50)57-27-13-5-23(6-14-27)31(24-7-15-28(16-8-24)58-41(2,51)52)21-44(34-33(39(61)62-44)35(45)37(47)38(48)36(34)46)22-32(25-9-17-29(18-10-25)59-42(3,53)54)26-11-19-30(20-12-26)60-43(4,55)56/h5-22,57-60H,1-4H3. The quantitative estimate of drug-likeness (QED) is 0.0292. The highest BCUT2D eigenvalue weighted by Gasteiger charge is 2.48. The van der Waals surface area contributed by atoms with E-state index >= 15 is 0 Å². The van der Waals surface area contributed by atoms with Gasteiger partial charge in [0.2, 0.25) is 0 Å². The molecule has 1 aliphatic heterocycles. The van der Waals surface area contributed by atoms with Crippen molar-refractivity contribution >= 4 is 179 Å². The summed E-state index contributed by atoms with van der Waals surface area (Å²) in [7, 11) is 0. The minimum absolute atomic E-state index is 0.0506. The van der Waals surface area contributed by atoms with Gasteiger partial charge in [-0.05, 0) is 122 Å². The van der Waals surface area contributed by atoms with Crippen LogP contribution in [0.5, 0.6) is 0 Å². The molecule has 5 aromatic rings. The van der Waals surface area contributed by atoms with Crippen LogP contribution in [0.25, 0.3) is 11.1 Å². The maximum absolute atomic E-state index is 14.3. The smallest absolute Gasteiger partial charge is 0.341 e. The summed E-state index contributed by atoms with van der Waals surface area (Å²) < 4.78 is 1.51. The van der Waals surface area contributed by atoms with E-state index in [1.165, 1.54) is 0 Å². The third kappa shape index (κ3) is 12.3. The fourth-order valence-electron chi connectivity index (χ4n) is 6.73. The second-order valence-electron chi connectivity index (χ2n) is 14.7. The van der Waals surface area contributed by atoms with Crippen molar-refractivity contribution in [3.05, 3.63) is 163 Å². The number of nitrogens with one attached hydrogen (secondary N) is 4. The number of carbonyl (C=O) groups excluding carboxylic acids is 1. The summed E-state index contributed by atoms with van der Waals surface area (Å²) in [5, 5.41) is 11.8. The van der Waals surface area contributed by atoms with Gasteiger partial charge < -0.3 is 26.0 Å². The van der Waals surface area contributed by atoms with E-state index in [2.05, 4.69) is 21.3 Å². The lowest BCUT2D eigenvalue weighted by Gasteiger charge is -2.28. The van der Waals surface area contributed by atoms with E-state index in [1.807, 2.05) is 97.1 Å². The number of rotatable bonds is 14. The molecule has 0 radical (unpaired) electrons. The fourth-order valence-corrected chi connectivity index (χ4v) is 8.68. The molecule has 1 aliphatic rings. The molecule has 0 saturated carbocycles. The van der Waals surface area contributed by atoms with Gasteiger partial charge in [0.25, 0.3) is 0 Å². The van der Waals surface area contributed by atoms with Crippen molar-refractivity contribution < 1.29 is 9.53 Å². The summed E-state index contributed by atoms with van der Waals surface area (Å²) in [5.41, 5.74) is 4.73. The summed E-state index contributed by atoms with van der Waals surface area (Å²) in [5.74, 6) is -0.797. The van der Waals surface area contributed by atoms with Gasteiger partial charge in [-0.15, -0.1) is 0 Å². The van der Waals surface area contributed by atoms with E-state index < -0.39 is 29.4 Å². The van der Waals surface area contributed by atoms with Crippen LogP contribution in [-0.4, -0.2) is 23.8 Å². The lowest BCUT2D eigenvalue weighted by atomic mass is 9.83. The van der Waals surface area contributed by atoms with Crippen LogP contribution < -0.4 is 21.3 Å². The Hall–Kier alpha value is -2.27. The lowest BCUT2D eigenvalue weighted by molar-refractivity contribution is 0.0300. The molecular formula is C44H34Cl12N4O2. The Morgan fingerprint density at radius 3 is 0.968 bits per heavy atom. The Kier molecular flexibility index (Phi) is 15.0. The van der Waals surface area contributed by atoms with Crippen molar-refractivity contribution in [2.75, 3.05) is 21.3 Å². The summed E-state index contributed by atoms with van der Waals surface area (Å²) in [4.78, 5) is 14.3. The monoisotopic (exact) mass is 1070 g/mol. The summed E-state index contributed by atoms with van der Waals surface area (Å²) in [6.45, 7) is 6.43. The number of cyclic esters (lactones) is 1. The molecule has 0 aromatic heterocycles. The molecule has 326 valence electrons. The van der Waals surface area contributed by atoms with Gasteiger partial charge >= 0.3 is 5.97 Å². The van der Waals surface area contributed by atoms with E-state index in [0.717, 1.165) is 0 Å². The lowest BCUT2D eigenvalue weighted by Crippen LogP contribution is -2.23. The minimum Gasteiger partial charge on any atom is -0.442 e. The van der Waals surface area contributed by atoms with E-state index in [4.69, 9.17) is 144 Å². The van der Waals surface area contributed by atoms with Gasteiger partial charge in [-0.25, -0.2) is 4.79 Å². The van der Waals surface area contributed by atoms with Gasteiger partial charge in [-0.3, -0.25) is 0 Å². The van der Waals surface area contributed by atoms with Crippen LogP contribution in [0.3, 0.4) is 0 Å². The van der Waals surface area contributed by atoms with Gasteiger partial charge in [-0.1, -0.05) is 188 Å². The molecule has 0 saturated heterocycles. The summed E-state index contributed by atoms with van der Waals surface area (Å²) in [6.07, 6.45) is 3.55. The maximum Gasteiger partial charge on any atom is 0.341 e.